The van der Waals surface area contributed by atoms with Crippen LogP contribution in [0.2, 0.25) is 0 Å². The zero-order chi connectivity index (χ0) is 15.6. The highest BCUT2D eigenvalue weighted by atomic mass is 15.4. The summed E-state index contributed by atoms with van der Waals surface area (Å²) < 4.78 is 0. The Labute approximate surface area is 139 Å². The second-order valence-electron chi connectivity index (χ2n) is 7.44. The Bertz CT molecular complexity index is 497. The van der Waals surface area contributed by atoms with Crippen LogP contribution in [0.5, 0.6) is 0 Å². The number of rotatable bonds is 3. The van der Waals surface area contributed by atoms with Crippen LogP contribution < -0.4 is 4.90 Å². The van der Waals surface area contributed by atoms with Crippen LogP contribution in [0.15, 0.2) is 12.4 Å². The van der Waals surface area contributed by atoms with Crippen molar-refractivity contribution in [1.29, 1.82) is 0 Å². The molecule has 5 heteroatoms. The molecule has 1 aromatic heterocycles. The third kappa shape index (κ3) is 3.36. The maximum atomic E-state index is 4.49. The van der Waals surface area contributed by atoms with Gasteiger partial charge in [0.1, 0.15) is 5.82 Å². The Balaban J connectivity index is 1.23. The number of hydrogen-bond acceptors (Lipinski definition) is 5. The van der Waals surface area contributed by atoms with Crippen LogP contribution in [0, 0.1) is 6.92 Å². The fourth-order valence-electron chi connectivity index (χ4n) is 4.34. The Morgan fingerprint density at radius 2 is 1.48 bits per heavy atom. The molecule has 126 valence electrons. The minimum Gasteiger partial charge on any atom is -0.352 e. The molecule has 0 spiro atoms. The summed E-state index contributed by atoms with van der Waals surface area (Å²) in [5, 5.41) is 0. The molecule has 2 saturated heterocycles. The van der Waals surface area contributed by atoms with Crippen molar-refractivity contribution in [3.63, 3.8) is 0 Å². The minimum absolute atomic E-state index is 0.714. The lowest BCUT2D eigenvalue weighted by atomic mass is 9.93. The second kappa shape index (κ2) is 6.73. The van der Waals surface area contributed by atoms with Gasteiger partial charge in [0.2, 0.25) is 0 Å². The standard InChI is InChI=1S/C18H29N5/c1-15-11-20-18(12-19-15)23-13-17(14-23)22-9-7-21(8-10-22)16-5-3-2-4-6-16/h11-12,16-17H,2-10,13-14H2,1H3. The SMILES string of the molecule is Cc1cnc(N2CC(N3CCN(C4CCCCC4)CC3)C2)cn1. The third-order valence-corrected chi connectivity index (χ3v) is 5.91. The van der Waals surface area contributed by atoms with Crippen molar-refractivity contribution in [2.75, 3.05) is 44.2 Å². The van der Waals surface area contributed by atoms with Crippen LogP contribution >= 0.6 is 0 Å². The van der Waals surface area contributed by atoms with Crippen LogP contribution in [0.25, 0.3) is 0 Å². The topological polar surface area (TPSA) is 35.5 Å². The zero-order valence-electron chi connectivity index (χ0n) is 14.3. The van der Waals surface area contributed by atoms with Gasteiger partial charge in [0.15, 0.2) is 0 Å². The molecule has 1 saturated carbocycles. The molecular weight excluding hydrogens is 286 g/mol. The number of piperazine rings is 1. The minimum atomic E-state index is 0.714. The molecule has 3 fully saturated rings. The molecule has 0 aromatic carbocycles. The van der Waals surface area contributed by atoms with Crippen LogP contribution in [0.4, 0.5) is 5.82 Å². The Morgan fingerprint density at radius 3 is 2.09 bits per heavy atom. The largest absolute Gasteiger partial charge is 0.352 e. The van der Waals surface area contributed by atoms with Crippen molar-refractivity contribution in [3.05, 3.63) is 18.1 Å². The summed E-state index contributed by atoms with van der Waals surface area (Å²) in [6, 6.07) is 1.60. The number of nitrogens with zero attached hydrogens (tertiary/aromatic N) is 5. The van der Waals surface area contributed by atoms with E-state index in [0.29, 0.717) is 6.04 Å². The smallest absolute Gasteiger partial charge is 0.147 e. The number of anilines is 1. The monoisotopic (exact) mass is 315 g/mol. The molecule has 3 heterocycles. The first-order valence-electron chi connectivity index (χ1n) is 9.31. The molecule has 2 aliphatic heterocycles. The van der Waals surface area contributed by atoms with E-state index in [1.54, 1.807) is 0 Å². The van der Waals surface area contributed by atoms with E-state index >= 15 is 0 Å². The first-order chi connectivity index (χ1) is 11.3. The van der Waals surface area contributed by atoms with Crippen molar-refractivity contribution in [1.82, 2.24) is 19.8 Å². The lowest BCUT2D eigenvalue weighted by Crippen LogP contribution is -2.64. The highest BCUT2D eigenvalue weighted by molar-refractivity contribution is 5.40. The van der Waals surface area contributed by atoms with Gasteiger partial charge in [0.05, 0.1) is 18.1 Å². The molecular formula is C18H29N5. The van der Waals surface area contributed by atoms with Crippen molar-refractivity contribution in [2.24, 2.45) is 0 Å². The van der Waals surface area contributed by atoms with Crippen LogP contribution in [0.1, 0.15) is 37.8 Å². The normalized spacial score (nSPS) is 25.5. The summed E-state index contributed by atoms with van der Waals surface area (Å²) in [4.78, 5) is 16.7. The molecule has 3 aliphatic rings. The van der Waals surface area contributed by atoms with Gasteiger partial charge < -0.3 is 4.90 Å². The maximum absolute atomic E-state index is 4.49. The molecule has 0 atom stereocenters. The Kier molecular flexibility index (Phi) is 4.49. The van der Waals surface area contributed by atoms with Gasteiger partial charge in [-0.3, -0.25) is 14.8 Å². The molecule has 0 unspecified atom stereocenters. The van der Waals surface area contributed by atoms with Gasteiger partial charge in [-0.05, 0) is 19.8 Å². The fraction of sp³-hybridized carbons (Fsp3) is 0.778. The second-order valence-corrected chi connectivity index (χ2v) is 7.44. The molecule has 5 nitrogen and oxygen atoms in total. The molecule has 1 aliphatic carbocycles. The van der Waals surface area contributed by atoms with E-state index in [2.05, 4.69) is 24.7 Å². The van der Waals surface area contributed by atoms with Gasteiger partial charge in [-0.2, -0.15) is 0 Å². The number of aryl methyl sites for hydroxylation is 1. The third-order valence-electron chi connectivity index (χ3n) is 5.91. The molecule has 1 aromatic rings. The maximum Gasteiger partial charge on any atom is 0.147 e. The van der Waals surface area contributed by atoms with Gasteiger partial charge in [-0.25, -0.2) is 4.98 Å². The molecule has 0 radical (unpaired) electrons. The zero-order valence-corrected chi connectivity index (χ0v) is 14.3. The van der Waals surface area contributed by atoms with Crippen LogP contribution in [0.3, 0.4) is 0 Å². The molecule has 0 amide bonds. The summed E-state index contributed by atoms with van der Waals surface area (Å²) in [6.45, 7) is 9.24. The van der Waals surface area contributed by atoms with E-state index in [9.17, 15) is 0 Å². The molecule has 4 rings (SSSR count). The highest BCUT2D eigenvalue weighted by Crippen LogP contribution is 2.26. The van der Waals surface area contributed by atoms with E-state index in [4.69, 9.17) is 0 Å². The average Bonchev–Trinajstić information content (AvgIpc) is 2.57. The van der Waals surface area contributed by atoms with E-state index < -0.39 is 0 Å². The summed E-state index contributed by atoms with van der Waals surface area (Å²) in [5.41, 5.74) is 0.990. The first-order valence-corrected chi connectivity index (χ1v) is 9.31. The predicted octanol–water partition coefficient (Wildman–Crippen LogP) is 1.92. The van der Waals surface area contributed by atoms with Crippen molar-refractivity contribution < 1.29 is 0 Å². The van der Waals surface area contributed by atoms with E-state index in [0.717, 1.165) is 30.6 Å². The molecule has 0 N–H and O–H groups in total. The lowest BCUT2D eigenvalue weighted by molar-refractivity contribution is 0.0487. The van der Waals surface area contributed by atoms with Gasteiger partial charge in [-0.15, -0.1) is 0 Å². The summed E-state index contributed by atoms with van der Waals surface area (Å²) >= 11 is 0. The van der Waals surface area contributed by atoms with Gasteiger partial charge in [-0.1, -0.05) is 19.3 Å². The van der Waals surface area contributed by atoms with Gasteiger partial charge >= 0.3 is 0 Å². The lowest BCUT2D eigenvalue weighted by Gasteiger charge is -2.49. The quantitative estimate of drug-likeness (QED) is 0.851. The number of aromatic nitrogens is 2. The summed E-state index contributed by atoms with van der Waals surface area (Å²) in [7, 11) is 0. The average molecular weight is 315 g/mol. The van der Waals surface area contributed by atoms with Gasteiger partial charge in [0.25, 0.3) is 0 Å². The van der Waals surface area contributed by atoms with Crippen LogP contribution in [-0.4, -0.2) is 71.1 Å². The van der Waals surface area contributed by atoms with E-state index in [1.807, 2.05) is 19.3 Å². The Hall–Kier alpha value is -1.20. The summed E-state index contributed by atoms with van der Waals surface area (Å²) in [6.07, 6.45) is 11.0. The number of hydrogen-bond donors (Lipinski definition) is 0. The Morgan fingerprint density at radius 1 is 0.826 bits per heavy atom. The first kappa shape index (κ1) is 15.3. The van der Waals surface area contributed by atoms with Crippen molar-refractivity contribution in [2.45, 2.75) is 51.1 Å². The van der Waals surface area contributed by atoms with E-state index in [1.165, 1.54) is 58.3 Å². The van der Waals surface area contributed by atoms with Gasteiger partial charge in [0, 0.05) is 51.4 Å². The fourth-order valence-corrected chi connectivity index (χ4v) is 4.34. The molecule has 23 heavy (non-hydrogen) atoms. The van der Waals surface area contributed by atoms with Crippen LogP contribution in [-0.2, 0) is 0 Å². The van der Waals surface area contributed by atoms with Crippen molar-refractivity contribution >= 4 is 5.82 Å². The van der Waals surface area contributed by atoms with E-state index in [-0.39, 0.29) is 0 Å². The van der Waals surface area contributed by atoms with Crippen molar-refractivity contribution in [3.8, 4) is 0 Å². The highest BCUT2D eigenvalue weighted by Gasteiger charge is 2.35. The molecule has 0 bridgehead atoms. The predicted molar refractivity (Wildman–Crippen MR) is 92.8 cm³/mol. The summed E-state index contributed by atoms with van der Waals surface area (Å²) in [5.74, 6) is 1.03.